The Labute approximate surface area is 104 Å². The van der Waals surface area contributed by atoms with E-state index in [4.69, 9.17) is 0 Å². The van der Waals surface area contributed by atoms with E-state index in [1.165, 1.54) is 0 Å². The van der Waals surface area contributed by atoms with Crippen LogP contribution in [-0.2, 0) is 11.2 Å². The molecule has 0 radical (unpaired) electrons. The van der Waals surface area contributed by atoms with E-state index in [1.54, 1.807) is 7.05 Å². The molecule has 0 spiro atoms. The van der Waals surface area contributed by atoms with Gasteiger partial charge in [0.15, 0.2) is 0 Å². The van der Waals surface area contributed by atoms with Crippen molar-refractivity contribution in [2.45, 2.75) is 20.3 Å². The second-order valence-electron chi connectivity index (χ2n) is 4.32. The Morgan fingerprint density at radius 3 is 2.67 bits per heavy atom. The van der Waals surface area contributed by atoms with E-state index in [1.807, 2.05) is 26.0 Å². The zero-order valence-electron chi connectivity index (χ0n) is 10.6. The van der Waals surface area contributed by atoms with E-state index < -0.39 is 0 Å². The second kappa shape index (κ2) is 4.60. The molecule has 1 aromatic heterocycles. The lowest BCUT2D eigenvalue weighted by Crippen LogP contribution is -2.23. The smallest absolute Gasteiger partial charge is 0.258 e. The van der Waals surface area contributed by atoms with Crippen LogP contribution in [0.4, 0.5) is 0 Å². The molecule has 0 saturated heterocycles. The number of fused-ring (bicyclic) bond motifs is 1. The number of benzene rings is 1. The summed E-state index contributed by atoms with van der Waals surface area (Å²) in [4.78, 5) is 30.1. The van der Waals surface area contributed by atoms with Crippen molar-refractivity contribution in [3.05, 3.63) is 39.4 Å². The number of amides is 1. The molecule has 94 valence electrons. The van der Waals surface area contributed by atoms with Gasteiger partial charge in [0.25, 0.3) is 5.56 Å². The van der Waals surface area contributed by atoms with Gasteiger partial charge in [-0.1, -0.05) is 0 Å². The third kappa shape index (κ3) is 2.25. The molecule has 0 aliphatic carbocycles. The fourth-order valence-electron chi connectivity index (χ4n) is 1.77. The van der Waals surface area contributed by atoms with Crippen molar-refractivity contribution in [3.8, 4) is 0 Å². The predicted molar refractivity (Wildman–Crippen MR) is 69.6 cm³/mol. The van der Waals surface area contributed by atoms with Crippen LogP contribution >= 0.6 is 0 Å². The predicted octanol–water partition coefficient (Wildman–Crippen LogP) is 0.828. The molecule has 5 heteroatoms. The van der Waals surface area contributed by atoms with Crippen molar-refractivity contribution >= 4 is 16.8 Å². The van der Waals surface area contributed by atoms with E-state index in [2.05, 4.69) is 15.3 Å². The number of H-pyrrole nitrogens is 1. The van der Waals surface area contributed by atoms with E-state index in [-0.39, 0.29) is 17.9 Å². The summed E-state index contributed by atoms with van der Waals surface area (Å²) in [6.07, 6.45) is 0.0780. The SMILES string of the molecule is CNC(=O)Cc1nc2cc(C)c(C)cc2c(=O)[nH]1. The molecule has 5 nitrogen and oxygen atoms in total. The standard InChI is InChI=1S/C13H15N3O2/c1-7-4-9-10(5-8(7)2)15-11(16-13(9)18)6-12(17)14-3/h4-5H,6H2,1-3H3,(H,14,17)(H,15,16,18). The molecule has 0 saturated carbocycles. The van der Waals surface area contributed by atoms with Gasteiger partial charge in [0.1, 0.15) is 5.82 Å². The Hall–Kier alpha value is -2.17. The number of nitrogens with zero attached hydrogens (tertiary/aromatic N) is 1. The molecule has 0 atom stereocenters. The minimum atomic E-state index is -0.206. The quantitative estimate of drug-likeness (QED) is 0.822. The average molecular weight is 245 g/mol. The first kappa shape index (κ1) is 12.3. The molecule has 2 aromatic rings. The van der Waals surface area contributed by atoms with E-state index in [9.17, 15) is 9.59 Å². The number of hydrogen-bond donors (Lipinski definition) is 2. The molecule has 0 bridgehead atoms. The molecule has 2 N–H and O–H groups in total. The van der Waals surface area contributed by atoms with Gasteiger partial charge in [-0.3, -0.25) is 9.59 Å². The largest absolute Gasteiger partial charge is 0.359 e. The van der Waals surface area contributed by atoms with Crippen molar-refractivity contribution in [1.82, 2.24) is 15.3 Å². The van der Waals surface area contributed by atoms with Crippen LogP contribution in [0.3, 0.4) is 0 Å². The van der Waals surface area contributed by atoms with Crippen molar-refractivity contribution in [1.29, 1.82) is 0 Å². The van der Waals surface area contributed by atoms with Crippen LogP contribution in [0.25, 0.3) is 10.9 Å². The number of likely N-dealkylation sites (N-methyl/N-ethyl adjacent to an activating group) is 1. The van der Waals surface area contributed by atoms with E-state index in [0.717, 1.165) is 11.1 Å². The topological polar surface area (TPSA) is 74.8 Å². The molecule has 0 aliphatic heterocycles. The number of nitrogens with one attached hydrogen (secondary N) is 2. The van der Waals surface area contributed by atoms with Gasteiger partial charge in [0.05, 0.1) is 17.3 Å². The van der Waals surface area contributed by atoms with Gasteiger partial charge in [-0.25, -0.2) is 4.98 Å². The molecular weight excluding hydrogens is 230 g/mol. The molecular formula is C13H15N3O2. The summed E-state index contributed by atoms with van der Waals surface area (Å²) in [6.45, 7) is 3.92. The van der Waals surface area contributed by atoms with Gasteiger partial charge >= 0.3 is 0 Å². The summed E-state index contributed by atoms with van der Waals surface area (Å²) in [5.41, 5.74) is 2.54. The Balaban J connectivity index is 2.58. The van der Waals surface area contributed by atoms with Gasteiger partial charge in [0, 0.05) is 7.05 Å². The number of aromatic amines is 1. The maximum atomic E-state index is 11.9. The zero-order valence-corrected chi connectivity index (χ0v) is 10.6. The second-order valence-corrected chi connectivity index (χ2v) is 4.32. The van der Waals surface area contributed by atoms with Gasteiger partial charge in [-0.05, 0) is 37.1 Å². The molecule has 2 rings (SSSR count). The molecule has 0 unspecified atom stereocenters. The first-order chi connectivity index (χ1) is 8.51. The number of rotatable bonds is 2. The lowest BCUT2D eigenvalue weighted by atomic mass is 10.1. The van der Waals surface area contributed by atoms with Crippen LogP contribution in [0.15, 0.2) is 16.9 Å². The lowest BCUT2D eigenvalue weighted by molar-refractivity contribution is -0.120. The highest BCUT2D eigenvalue weighted by molar-refractivity contribution is 5.81. The zero-order chi connectivity index (χ0) is 13.3. The Kier molecular flexibility index (Phi) is 3.14. The normalized spacial score (nSPS) is 10.6. The highest BCUT2D eigenvalue weighted by atomic mass is 16.1. The van der Waals surface area contributed by atoms with Crippen molar-refractivity contribution in [2.75, 3.05) is 7.05 Å². The molecule has 1 heterocycles. The Bertz CT molecular complexity index is 674. The maximum absolute atomic E-state index is 11.9. The number of carbonyl (C=O) groups excluding carboxylic acids is 1. The summed E-state index contributed by atoms with van der Waals surface area (Å²) in [7, 11) is 1.55. The van der Waals surface area contributed by atoms with Crippen molar-refractivity contribution in [2.24, 2.45) is 0 Å². The molecule has 0 fully saturated rings. The monoisotopic (exact) mass is 245 g/mol. The Morgan fingerprint density at radius 1 is 1.33 bits per heavy atom. The van der Waals surface area contributed by atoms with Gasteiger partial charge in [0.2, 0.25) is 5.91 Å². The van der Waals surface area contributed by atoms with Gasteiger partial charge < -0.3 is 10.3 Å². The summed E-state index contributed by atoms with van der Waals surface area (Å²) in [5, 5.41) is 3.05. The number of aromatic nitrogens is 2. The fraction of sp³-hybridized carbons (Fsp3) is 0.308. The highest BCUT2D eigenvalue weighted by Crippen LogP contribution is 2.14. The first-order valence-corrected chi connectivity index (χ1v) is 5.72. The molecule has 0 aliphatic rings. The molecule has 1 amide bonds. The fourth-order valence-corrected chi connectivity index (χ4v) is 1.77. The first-order valence-electron chi connectivity index (χ1n) is 5.72. The summed E-state index contributed by atoms with van der Waals surface area (Å²) < 4.78 is 0. The van der Waals surface area contributed by atoms with Crippen LogP contribution in [0.1, 0.15) is 17.0 Å². The van der Waals surface area contributed by atoms with Crippen LogP contribution in [0.2, 0.25) is 0 Å². The number of carbonyl (C=O) groups is 1. The summed E-state index contributed by atoms with van der Waals surface area (Å²) >= 11 is 0. The average Bonchev–Trinajstić information content (AvgIpc) is 2.32. The van der Waals surface area contributed by atoms with Crippen molar-refractivity contribution in [3.63, 3.8) is 0 Å². The summed E-state index contributed by atoms with van der Waals surface area (Å²) in [6, 6.07) is 3.69. The van der Waals surface area contributed by atoms with Crippen LogP contribution < -0.4 is 10.9 Å². The molecule has 1 aromatic carbocycles. The van der Waals surface area contributed by atoms with E-state index in [0.29, 0.717) is 16.7 Å². The van der Waals surface area contributed by atoms with E-state index >= 15 is 0 Å². The number of hydrogen-bond acceptors (Lipinski definition) is 3. The minimum absolute atomic E-state index is 0.0780. The Morgan fingerprint density at radius 2 is 2.00 bits per heavy atom. The highest BCUT2D eigenvalue weighted by Gasteiger charge is 2.08. The third-order valence-corrected chi connectivity index (χ3v) is 2.98. The van der Waals surface area contributed by atoms with Crippen LogP contribution in [0, 0.1) is 13.8 Å². The van der Waals surface area contributed by atoms with Crippen LogP contribution in [-0.4, -0.2) is 22.9 Å². The van der Waals surface area contributed by atoms with Crippen LogP contribution in [0.5, 0.6) is 0 Å². The van der Waals surface area contributed by atoms with Gasteiger partial charge in [-0.2, -0.15) is 0 Å². The van der Waals surface area contributed by atoms with Gasteiger partial charge in [-0.15, -0.1) is 0 Å². The third-order valence-electron chi connectivity index (χ3n) is 2.98. The van der Waals surface area contributed by atoms with Crippen molar-refractivity contribution < 1.29 is 4.79 Å². The minimum Gasteiger partial charge on any atom is -0.359 e. The summed E-state index contributed by atoms with van der Waals surface area (Å²) in [5.74, 6) is 0.205. The maximum Gasteiger partial charge on any atom is 0.258 e. The molecule has 18 heavy (non-hydrogen) atoms. The lowest BCUT2D eigenvalue weighted by Gasteiger charge is -2.05. The number of aryl methyl sites for hydroxylation is 2.